The van der Waals surface area contributed by atoms with Gasteiger partial charge in [-0.05, 0) is 105 Å². The Morgan fingerprint density at radius 1 is 1.10 bits per heavy atom. The first-order valence-corrected chi connectivity index (χ1v) is 20.8. The van der Waals surface area contributed by atoms with Crippen LogP contribution in [0.1, 0.15) is 94.4 Å². The third kappa shape index (κ3) is 11.0. The molecule has 0 bridgehead atoms. The Morgan fingerprint density at radius 3 is 2.47 bits per heavy atom. The Balaban J connectivity index is 0.00000769. The van der Waals surface area contributed by atoms with Crippen molar-refractivity contribution in [2.75, 3.05) is 40.0 Å². The van der Waals surface area contributed by atoms with Gasteiger partial charge in [-0.25, -0.2) is 4.79 Å². The predicted molar refractivity (Wildman–Crippen MR) is 224 cm³/mol. The van der Waals surface area contributed by atoms with Crippen molar-refractivity contribution >= 4 is 23.5 Å². The number of carbonyl (C=O) groups excluding carboxylic acids is 3. The molecule has 3 unspecified atom stereocenters. The molecular formula is C43H71N7O9. The zero-order valence-corrected chi connectivity index (χ0v) is 36.1. The molecule has 4 N–H and O–H groups in total. The number of aromatic nitrogens is 3. The van der Waals surface area contributed by atoms with Gasteiger partial charge in [-0.3, -0.25) is 19.2 Å². The van der Waals surface area contributed by atoms with Gasteiger partial charge in [0.2, 0.25) is 0 Å². The first-order valence-electron chi connectivity index (χ1n) is 20.8. The second-order valence-corrected chi connectivity index (χ2v) is 17.3. The number of fused-ring (bicyclic) bond motifs is 1. The number of anilines is 1. The molecule has 0 aliphatic carbocycles. The van der Waals surface area contributed by atoms with Crippen LogP contribution in [0.15, 0.2) is 30.5 Å². The van der Waals surface area contributed by atoms with E-state index in [1.54, 1.807) is 16.7 Å². The van der Waals surface area contributed by atoms with Gasteiger partial charge in [0.1, 0.15) is 29.6 Å². The minimum absolute atomic E-state index is 0. The number of nitrogens with zero attached hydrogens (tertiary/aromatic N) is 5. The lowest BCUT2D eigenvalue weighted by atomic mass is 9.83. The number of hydrogen-bond acceptors (Lipinski definition) is 14. The number of Topliss-reactive ketones (excluding diaryl/α,β-unsaturated/α-hetero) is 1. The molecular weight excluding hydrogens is 759 g/mol. The largest absolute Gasteiger partial charge is 0.458 e. The van der Waals surface area contributed by atoms with E-state index in [1.165, 1.54) is 6.92 Å². The highest BCUT2D eigenvalue weighted by molar-refractivity contribution is 5.99. The number of nitrogen functional groups attached to an aromatic ring is 1. The highest BCUT2D eigenvalue weighted by Gasteiger charge is 2.58. The topological polar surface area (TPSA) is 193 Å². The summed E-state index contributed by atoms with van der Waals surface area (Å²) in [7, 11) is 5.38. The van der Waals surface area contributed by atoms with Gasteiger partial charge in [-0.15, -0.1) is 5.10 Å². The molecule has 3 fully saturated rings. The number of rotatable bonds is 11. The fraction of sp³-hybridized carbons (Fsp3) is 0.744. The van der Waals surface area contributed by atoms with E-state index >= 15 is 0 Å². The number of ether oxygens (including phenoxy) is 5. The molecule has 12 atom stereocenters. The molecule has 1 aromatic heterocycles. The van der Waals surface area contributed by atoms with Crippen molar-refractivity contribution in [1.29, 1.82) is 0 Å². The lowest BCUT2D eigenvalue weighted by Crippen LogP contribution is -2.61. The number of unbranched alkanes of at least 4 members (excludes halogenated alkanes) is 1. The maximum absolute atomic E-state index is 14.0. The molecule has 0 saturated carbocycles. The Kier molecular flexibility index (Phi) is 16.5. The Hall–Kier alpha value is -3.67. The van der Waals surface area contributed by atoms with Crippen LogP contribution < -0.4 is 11.1 Å². The van der Waals surface area contributed by atoms with Gasteiger partial charge in [0.05, 0.1) is 30.0 Å². The van der Waals surface area contributed by atoms with Crippen LogP contribution in [0.2, 0.25) is 0 Å². The van der Waals surface area contributed by atoms with E-state index in [9.17, 15) is 19.5 Å². The quantitative estimate of drug-likeness (QED) is 0.122. The Morgan fingerprint density at radius 2 is 1.81 bits per heavy atom. The number of cyclic esters (lactones) is 1. The predicted octanol–water partition coefficient (Wildman–Crippen LogP) is 4.67. The van der Waals surface area contributed by atoms with E-state index in [4.69, 9.17) is 29.4 Å². The van der Waals surface area contributed by atoms with Crippen molar-refractivity contribution in [3.8, 4) is 11.3 Å². The van der Waals surface area contributed by atoms with Crippen LogP contribution >= 0.6 is 0 Å². The van der Waals surface area contributed by atoms with Crippen LogP contribution in [0, 0.1) is 11.8 Å². The number of amides is 1. The molecule has 59 heavy (non-hydrogen) atoms. The number of carbonyl (C=O) groups is 3. The molecule has 3 saturated heterocycles. The van der Waals surface area contributed by atoms with Gasteiger partial charge in [-0.2, -0.15) is 0 Å². The number of methoxy groups -OCH3 is 1. The molecule has 0 spiro atoms. The molecule has 5 rings (SSSR count). The second kappa shape index (κ2) is 20.3. The summed E-state index contributed by atoms with van der Waals surface area (Å²) >= 11 is 0. The summed E-state index contributed by atoms with van der Waals surface area (Å²) < 4.78 is 33.0. The fourth-order valence-corrected chi connectivity index (χ4v) is 8.95. The third-order valence-electron chi connectivity index (χ3n) is 12.5. The number of ketones is 1. The van der Waals surface area contributed by atoms with Crippen LogP contribution in [-0.4, -0.2) is 142 Å². The molecule has 332 valence electrons. The van der Waals surface area contributed by atoms with Crippen molar-refractivity contribution in [1.82, 2.24) is 30.1 Å². The Bertz CT molecular complexity index is 1710. The Labute approximate surface area is 350 Å². The number of aryl methyl sites for hydroxylation is 1. The maximum atomic E-state index is 14.0. The van der Waals surface area contributed by atoms with Gasteiger partial charge in [0, 0.05) is 50.0 Å². The fourth-order valence-electron chi connectivity index (χ4n) is 8.95. The number of nitrogens with two attached hydrogens (primary N) is 1. The van der Waals surface area contributed by atoms with Crippen molar-refractivity contribution in [2.24, 2.45) is 11.8 Å². The van der Waals surface area contributed by atoms with E-state index in [0.717, 1.165) is 11.3 Å². The SMILES string of the molecule is C.CC[C@H]1OC(=O)[C@H](C)C(=O)C[C@@H](O[C@@H]2OC(C)CC(N(C)C)C2O)[C@](C)(OC)C[C@@H](C)CN[C@H](C)[C@H]2N(CCCCn3cc(-c4cccc(N)c4)nn3)C(=O)O[C@]12C. The van der Waals surface area contributed by atoms with E-state index < -0.39 is 65.6 Å². The van der Waals surface area contributed by atoms with E-state index in [2.05, 4.69) is 22.6 Å². The molecule has 1 aromatic carbocycles. The van der Waals surface area contributed by atoms with Crippen molar-refractivity contribution in [3.05, 3.63) is 30.5 Å². The molecule has 3 aliphatic heterocycles. The normalized spacial score (nSPS) is 35.0. The number of hydrogen-bond donors (Lipinski definition) is 3. The summed E-state index contributed by atoms with van der Waals surface area (Å²) in [5.74, 6) is -2.27. The smallest absolute Gasteiger partial charge is 0.410 e. The van der Waals surface area contributed by atoms with Crippen molar-refractivity contribution in [3.63, 3.8) is 0 Å². The van der Waals surface area contributed by atoms with Crippen LogP contribution in [0.3, 0.4) is 0 Å². The molecule has 1 amide bonds. The van der Waals surface area contributed by atoms with Crippen molar-refractivity contribution < 1.29 is 43.2 Å². The zero-order chi connectivity index (χ0) is 42.5. The molecule has 16 heteroatoms. The number of benzene rings is 1. The summed E-state index contributed by atoms with van der Waals surface area (Å²) in [6.45, 7) is 14.7. The number of likely N-dealkylation sites (N-methyl/N-ethyl adjacent to an activating group) is 1. The standard InChI is InChI=1S/C42H67N7O9.CH4/c1-11-34-42(7)37(49(40(53)58-42)18-13-12-17-48-24-31(45-46-48)29-15-14-16-30(43)20-29)28(5)44-23-25(2)22-41(6,54-10)35(21-33(50)27(4)38(52)56-34)57-39-36(51)32(47(8)9)19-26(3)55-39;/h14-16,20,24-28,32,34-37,39,44,51H,11-13,17-19,21-23,43H2,1-10H3;1H4/t25-,26?,27-,28-,32?,34-,35-,36?,37-,39+,41-,42-;/m1./s1. The summed E-state index contributed by atoms with van der Waals surface area (Å²) in [6.07, 6.45) is 0.116. The minimum atomic E-state index is -1.22. The molecule has 3 aliphatic rings. The minimum Gasteiger partial charge on any atom is -0.458 e. The summed E-state index contributed by atoms with van der Waals surface area (Å²) in [5.41, 5.74) is 5.98. The van der Waals surface area contributed by atoms with Gasteiger partial charge >= 0.3 is 12.1 Å². The lowest BCUT2D eigenvalue weighted by molar-refractivity contribution is -0.289. The highest BCUT2D eigenvalue weighted by atomic mass is 16.7. The summed E-state index contributed by atoms with van der Waals surface area (Å²) in [6, 6.07) is 6.47. The van der Waals surface area contributed by atoms with Gasteiger partial charge < -0.3 is 44.7 Å². The molecule has 16 nitrogen and oxygen atoms in total. The van der Waals surface area contributed by atoms with E-state index in [0.29, 0.717) is 57.4 Å². The number of aliphatic hydroxyl groups is 1. The van der Waals surface area contributed by atoms with E-state index in [1.807, 2.05) is 84.1 Å². The van der Waals surface area contributed by atoms with Crippen LogP contribution in [0.25, 0.3) is 11.3 Å². The zero-order valence-electron chi connectivity index (χ0n) is 36.1. The first-order chi connectivity index (χ1) is 27.4. The van der Waals surface area contributed by atoms with Crippen molar-refractivity contribution in [2.45, 2.75) is 161 Å². The maximum Gasteiger partial charge on any atom is 0.410 e. The number of nitrogens with one attached hydrogen (secondary N) is 1. The summed E-state index contributed by atoms with van der Waals surface area (Å²) in [4.78, 5) is 45.4. The van der Waals surface area contributed by atoms with Gasteiger partial charge in [-0.1, -0.05) is 38.6 Å². The van der Waals surface area contributed by atoms with Crippen LogP contribution in [0.4, 0.5) is 10.5 Å². The molecule has 2 aromatic rings. The van der Waals surface area contributed by atoms with Gasteiger partial charge in [0.25, 0.3) is 0 Å². The lowest BCUT2D eigenvalue weighted by Gasteiger charge is -2.45. The highest BCUT2D eigenvalue weighted by Crippen LogP contribution is 2.39. The first kappa shape index (κ1) is 48.0. The number of aliphatic hydroxyl groups excluding tert-OH is 1. The third-order valence-corrected chi connectivity index (χ3v) is 12.5. The average molecular weight is 830 g/mol. The van der Waals surface area contributed by atoms with E-state index in [-0.39, 0.29) is 38.0 Å². The second-order valence-electron chi connectivity index (χ2n) is 17.3. The average Bonchev–Trinajstić information content (AvgIpc) is 3.76. The summed E-state index contributed by atoms with van der Waals surface area (Å²) in [5, 5.41) is 23.6. The molecule has 0 radical (unpaired) electrons. The molecule has 4 heterocycles. The monoisotopic (exact) mass is 830 g/mol. The van der Waals surface area contributed by atoms with Crippen LogP contribution in [-0.2, 0) is 39.8 Å². The number of esters is 1. The van der Waals surface area contributed by atoms with Crippen LogP contribution in [0.5, 0.6) is 0 Å². The van der Waals surface area contributed by atoms with Gasteiger partial charge in [0.15, 0.2) is 11.9 Å².